The van der Waals surface area contributed by atoms with Gasteiger partial charge in [-0.15, -0.1) is 0 Å². The molecule has 1 aliphatic carbocycles. The summed E-state index contributed by atoms with van der Waals surface area (Å²) in [5.41, 5.74) is -0.338. The molecule has 2 amide bonds. The molecule has 4 aromatic carbocycles. The molecule has 0 unspecified atom stereocenters. The lowest BCUT2D eigenvalue weighted by molar-refractivity contribution is -0.140. The second-order valence-electron chi connectivity index (χ2n) is 12.1. The highest BCUT2D eigenvalue weighted by molar-refractivity contribution is 7.92. The summed E-state index contributed by atoms with van der Waals surface area (Å²) < 4.78 is 76.3. The number of sulfonamides is 1. The van der Waals surface area contributed by atoms with E-state index in [-0.39, 0.29) is 23.9 Å². The van der Waals surface area contributed by atoms with Gasteiger partial charge in [-0.05, 0) is 66.4 Å². The van der Waals surface area contributed by atoms with Gasteiger partial charge in [-0.3, -0.25) is 13.9 Å². The molecule has 264 valence electrons. The third-order valence-corrected chi connectivity index (χ3v) is 10.7. The molecule has 1 N–H and O–H groups in total. The van der Waals surface area contributed by atoms with Crippen molar-refractivity contribution >= 4 is 39.1 Å². The Morgan fingerprint density at radius 2 is 1.54 bits per heavy atom. The van der Waals surface area contributed by atoms with Crippen LogP contribution < -0.4 is 14.4 Å². The van der Waals surface area contributed by atoms with Crippen LogP contribution in [0.15, 0.2) is 108 Å². The molecular formula is C37H37ClF3N3O5S. The first-order valence-electron chi connectivity index (χ1n) is 16.1. The van der Waals surface area contributed by atoms with Crippen LogP contribution in [0.25, 0.3) is 0 Å². The molecule has 13 heteroatoms. The van der Waals surface area contributed by atoms with Gasteiger partial charge in [0, 0.05) is 19.0 Å². The van der Waals surface area contributed by atoms with E-state index in [0.29, 0.717) is 21.7 Å². The van der Waals surface area contributed by atoms with E-state index in [1.165, 1.54) is 36.3 Å². The summed E-state index contributed by atoms with van der Waals surface area (Å²) in [7, 11) is -3.12. The minimum atomic E-state index is -4.91. The summed E-state index contributed by atoms with van der Waals surface area (Å²) in [6.45, 7) is -1.04. The summed E-state index contributed by atoms with van der Waals surface area (Å²) in [5.74, 6) is -0.724. The van der Waals surface area contributed by atoms with Crippen LogP contribution in [0.4, 0.5) is 18.9 Å². The normalized spacial score (nSPS) is 14.2. The second kappa shape index (κ2) is 16.0. The number of carbonyl (C=O) groups is 2. The van der Waals surface area contributed by atoms with Gasteiger partial charge in [0.15, 0.2) is 0 Å². The first-order valence-corrected chi connectivity index (χ1v) is 17.9. The third kappa shape index (κ3) is 8.97. The highest BCUT2D eigenvalue weighted by atomic mass is 35.5. The number of nitrogens with one attached hydrogen (secondary N) is 1. The minimum Gasteiger partial charge on any atom is -0.497 e. The predicted octanol–water partition coefficient (Wildman–Crippen LogP) is 7.26. The quantitative estimate of drug-likeness (QED) is 0.157. The van der Waals surface area contributed by atoms with Crippen molar-refractivity contribution in [3.05, 3.63) is 125 Å². The van der Waals surface area contributed by atoms with Gasteiger partial charge in [0.05, 0.1) is 28.3 Å². The average Bonchev–Trinajstić information content (AvgIpc) is 3.62. The molecule has 1 atom stereocenters. The number of ether oxygens (including phenoxy) is 1. The van der Waals surface area contributed by atoms with E-state index in [1.807, 2.05) is 30.3 Å². The molecule has 5 rings (SSSR count). The van der Waals surface area contributed by atoms with Gasteiger partial charge in [-0.1, -0.05) is 85.1 Å². The van der Waals surface area contributed by atoms with Gasteiger partial charge in [-0.25, -0.2) is 8.42 Å². The predicted molar refractivity (Wildman–Crippen MR) is 185 cm³/mol. The van der Waals surface area contributed by atoms with Crippen molar-refractivity contribution in [1.29, 1.82) is 0 Å². The van der Waals surface area contributed by atoms with Crippen LogP contribution in [-0.4, -0.2) is 50.9 Å². The van der Waals surface area contributed by atoms with E-state index in [2.05, 4.69) is 5.32 Å². The maximum atomic E-state index is 14.6. The summed E-state index contributed by atoms with van der Waals surface area (Å²) >= 11 is 5.89. The van der Waals surface area contributed by atoms with Gasteiger partial charge in [0.1, 0.15) is 18.3 Å². The number of hydrogen-bond donors (Lipinski definition) is 1. The zero-order chi connectivity index (χ0) is 35.9. The number of carbonyl (C=O) groups excluding carboxylic acids is 2. The van der Waals surface area contributed by atoms with Gasteiger partial charge in [-0.2, -0.15) is 13.2 Å². The van der Waals surface area contributed by atoms with Crippen molar-refractivity contribution < 1.29 is 35.9 Å². The molecule has 0 spiro atoms. The van der Waals surface area contributed by atoms with Gasteiger partial charge >= 0.3 is 6.18 Å². The van der Waals surface area contributed by atoms with E-state index in [4.69, 9.17) is 16.3 Å². The van der Waals surface area contributed by atoms with Crippen LogP contribution >= 0.6 is 11.6 Å². The molecule has 0 aromatic heterocycles. The highest BCUT2D eigenvalue weighted by Crippen LogP contribution is 2.38. The Kier molecular flexibility index (Phi) is 11.7. The van der Waals surface area contributed by atoms with Crippen LogP contribution in [-0.2, 0) is 38.8 Å². The lowest BCUT2D eigenvalue weighted by Gasteiger charge is -2.34. The topological polar surface area (TPSA) is 96.0 Å². The van der Waals surface area contributed by atoms with E-state index in [0.717, 1.165) is 43.4 Å². The number of amides is 2. The van der Waals surface area contributed by atoms with Gasteiger partial charge in [0.25, 0.3) is 10.0 Å². The fourth-order valence-electron chi connectivity index (χ4n) is 6.02. The van der Waals surface area contributed by atoms with E-state index < -0.39 is 56.9 Å². The Balaban J connectivity index is 1.61. The lowest BCUT2D eigenvalue weighted by Crippen LogP contribution is -2.54. The number of alkyl halides is 3. The van der Waals surface area contributed by atoms with E-state index >= 15 is 0 Å². The first kappa shape index (κ1) is 36.7. The second-order valence-corrected chi connectivity index (χ2v) is 14.3. The van der Waals surface area contributed by atoms with Crippen molar-refractivity contribution in [3.63, 3.8) is 0 Å². The molecule has 0 heterocycles. The number of nitrogens with zero attached hydrogens (tertiary/aromatic N) is 2. The van der Waals surface area contributed by atoms with Crippen molar-refractivity contribution in [2.75, 3.05) is 18.0 Å². The monoisotopic (exact) mass is 727 g/mol. The van der Waals surface area contributed by atoms with Crippen LogP contribution in [0.3, 0.4) is 0 Å². The highest BCUT2D eigenvalue weighted by Gasteiger charge is 2.38. The summed E-state index contributed by atoms with van der Waals surface area (Å²) in [4.78, 5) is 29.8. The molecule has 0 bridgehead atoms. The molecule has 4 aromatic rings. The van der Waals surface area contributed by atoms with Crippen LogP contribution in [0.1, 0.15) is 42.4 Å². The first-order chi connectivity index (χ1) is 23.9. The standard InChI is InChI=1S/C37H37ClF3N3O5S/c1-49-30-16-10-13-27(21-30)24-43(34(22-26-11-4-2-5-12-26)36(46)42-28-14-8-9-15-28)35(45)25-44(50(47,48)31-17-6-3-7-18-31)29-19-20-33(38)32(23-29)37(39,40)41/h2-7,10-13,16-21,23,28,34H,8-9,14-15,22,24-25H2,1H3,(H,42,46)/t34-/m1/s1. The Hall–Kier alpha value is -4.55. The molecule has 50 heavy (non-hydrogen) atoms. The Labute approximate surface area is 294 Å². The zero-order valence-corrected chi connectivity index (χ0v) is 28.8. The Morgan fingerprint density at radius 1 is 0.900 bits per heavy atom. The van der Waals surface area contributed by atoms with Crippen molar-refractivity contribution in [2.24, 2.45) is 0 Å². The minimum absolute atomic E-state index is 0.0839. The molecule has 0 radical (unpaired) electrons. The number of anilines is 1. The van der Waals surface area contributed by atoms with Crippen LogP contribution in [0.5, 0.6) is 5.75 Å². The summed E-state index contributed by atoms with van der Waals surface area (Å²) in [6, 6.07) is 24.5. The molecule has 1 saturated carbocycles. The summed E-state index contributed by atoms with van der Waals surface area (Å²) in [6.07, 6.45) is -1.33. The van der Waals surface area contributed by atoms with Crippen molar-refractivity contribution in [2.45, 2.75) is 61.8 Å². The van der Waals surface area contributed by atoms with Gasteiger partial charge < -0.3 is 15.0 Å². The largest absolute Gasteiger partial charge is 0.497 e. The fraction of sp³-hybridized carbons (Fsp3) is 0.297. The number of benzene rings is 4. The summed E-state index contributed by atoms with van der Waals surface area (Å²) in [5, 5.41) is 2.46. The number of methoxy groups -OCH3 is 1. The molecule has 0 aliphatic heterocycles. The zero-order valence-electron chi connectivity index (χ0n) is 27.3. The Morgan fingerprint density at radius 3 is 2.18 bits per heavy atom. The number of halogens is 4. The van der Waals surface area contributed by atoms with Crippen molar-refractivity contribution in [1.82, 2.24) is 10.2 Å². The Bertz CT molecular complexity index is 1890. The fourth-order valence-corrected chi connectivity index (χ4v) is 7.67. The maximum Gasteiger partial charge on any atom is 0.417 e. The molecule has 1 fully saturated rings. The average molecular weight is 728 g/mol. The van der Waals surface area contributed by atoms with Crippen molar-refractivity contribution in [3.8, 4) is 5.75 Å². The smallest absolute Gasteiger partial charge is 0.417 e. The molecule has 1 aliphatic rings. The number of rotatable bonds is 13. The maximum absolute atomic E-state index is 14.6. The van der Waals surface area contributed by atoms with E-state index in [1.54, 1.807) is 30.3 Å². The van der Waals surface area contributed by atoms with Crippen LogP contribution in [0.2, 0.25) is 5.02 Å². The van der Waals surface area contributed by atoms with Crippen LogP contribution in [0, 0.1) is 0 Å². The lowest BCUT2D eigenvalue weighted by atomic mass is 10.0. The molecule has 0 saturated heterocycles. The van der Waals surface area contributed by atoms with E-state index in [9.17, 15) is 31.2 Å². The van der Waals surface area contributed by atoms with Gasteiger partial charge in [0.2, 0.25) is 11.8 Å². The molecule has 8 nitrogen and oxygen atoms in total. The SMILES string of the molecule is COc1cccc(CN(C(=O)CN(c2ccc(Cl)c(C(F)(F)F)c2)S(=O)(=O)c2ccccc2)[C@H](Cc2ccccc2)C(=O)NC2CCCC2)c1. The molecular weight excluding hydrogens is 691 g/mol. The number of hydrogen-bond acceptors (Lipinski definition) is 5. The third-order valence-electron chi connectivity index (χ3n) is 8.61.